The number of rotatable bonds is 10. The third kappa shape index (κ3) is 7.07. The first-order valence-electron chi connectivity index (χ1n) is 11.3. The summed E-state index contributed by atoms with van der Waals surface area (Å²) in [7, 11) is 0. The zero-order chi connectivity index (χ0) is 23.5. The van der Waals surface area contributed by atoms with Crippen LogP contribution in [0.15, 0.2) is 58.7 Å². The Bertz CT molecular complexity index is 746. The third-order valence-corrected chi connectivity index (χ3v) is 5.60. The van der Waals surface area contributed by atoms with E-state index in [-0.39, 0.29) is 24.4 Å². The molecule has 1 fully saturated rings. The molecule has 1 aliphatic carbocycles. The monoisotopic (exact) mass is 458 g/mol. The molecule has 2 unspecified atom stereocenters. The van der Waals surface area contributed by atoms with Gasteiger partial charge in [0, 0.05) is 12.3 Å². The molecule has 0 aromatic rings. The van der Waals surface area contributed by atoms with Crippen molar-refractivity contribution in [2.45, 2.75) is 65.1 Å². The Morgan fingerprint density at radius 1 is 1.16 bits per heavy atom. The van der Waals surface area contributed by atoms with Crippen molar-refractivity contribution in [2.75, 3.05) is 26.5 Å². The van der Waals surface area contributed by atoms with Gasteiger partial charge in [-0.2, -0.15) is 0 Å². The minimum atomic E-state index is -1.73. The molecule has 0 radical (unpaired) electrons. The van der Waals surface area contributed by atoms with Gasteiger partial charge in [0.15, 0.2) is 12.5 Å². The van der Waals surface area contributed by atoms with E-state index in [4.69, 9.17) is 14.2 Å². The van der Waals surface area contributed by atoms with Crippen LogP contribution in [0.2, 0.25) is 0 Å². The molecule has 0 aromatic carbocycles. The highest BCUT2D eigenvalue weighted by Crippen LogP contribution is 2.37. The van der Waals surface area contributed by atoms with Crippen molar-refractivity contribution in [2.24, 2.45) is 5.92 Å². The van der Waals surface area contributed by atoms with Crippen LogP contribution in [0.4, 0.5) is 17.6 Å². The molecular formula is C25H34F4O3. The molecule has 0 spiro atoms. The molecule has 0 N–H and O–H groups in total. The summed E-state index contributed by atoms with van der Waals surface area (Å²) in [5.41, 5.74) is 1.67. The molecule has 1 aliphatic heterocycles. The van der Waals surface area contributed by atoms with Crippen LogP contribution in [-0.4, -0.2) is 45.1 Å². The van der Waals surface area contributed by atoms with Crippen LogP contribution in [0.1, 0.15) is 46.5 Å². The molecule has 3 nitrogen and oxygen atoms in total. The first-order valence-corrected chi connectivity index (χ1v) is 11.3. The van der Waals surface area contributed by atoms with E-state index in [2.05, 4.69) is 0 Å². The lowest BCUT2D eigenvalue weighted by Crippen LogP contribution is -2.32. The van der Waals surface area contributed by atoms with Crippen molar-refractivity contribution in [3.8, 4) is 0 Å². The minimum absolute atomic E-state index is 0.113. The van der Waals surface area contributed by atoms with Gasteiger partial charge in [0.1, 0.15) is 18.6 Å². The summed E-state index contributed by atoms with van der Waals surface area (Å²) in [5.74, 6) is -0.182. The lowest BCUT2D eigenvalue weighted by Gasteiger charge is -2.30. The fraction of sp³-hybridized carbons (Fsp3) is 0.600. The molecule has 1 saturated heterocycles. The van der Waals surface area contributed by atoms with Crippen LogP contribution in [0.3, 0.4) is 0 Å². The summed E-state index contributed by atoms with van der Waals surface area (Å²) in [5, 5.41) is 0. The molecule has 180 valence electrons. The summed E-state index contributed by atoms with van der Waals surface area (Å²) in [6.45, 7) is 5.66. The second-order valence-electron chi connectivity index (χ2n) is 7.83. The molecule has 1 heterocycles. The number of halogens is 4. The van der Waals surface area contributed by atoms with Crippen LogP contribution in [0.25, 0.3) is 0 Å². The van der Waals surface area contributed by atoms with E-state index < -0.39 is 19.0 Å². The lowest BCUT2D eigenvalue weighted by molar-refractivity contribution is -0.196. The maximum absolute atomic E-state index is 14.6. The van der Waals surface area contributed by atoms with E-state index in [0.29, 0.717) is 54.9 Å². The predicted molar refractivity (Wildman–Crippen MR) is 118 cm³/mol. The standard InChI is InChI=1S/C25H34F4O3/c1-4-7-24-31-15-19(16-32-24)18(13-26)9-11-22-17(8-10-20(14-27)30-6-3)12-23(28)25(29)21(22)5-2/h8-11,13,19,23-25H,4-7,12,14-16H2,1-3H3/b11-9-,17-8+,18-13-,20-10+. The number of hydrogen-bond acceptors (Lipinski definition) is 3. The topological polar surface area (TPSA) is 27.7 Å². The highest BCUT2D eigenvalue weighted by molar-refractivity contribution is 5.51. The fourth-order valence-corrected chi connectivity index (χ4v) is 3.84. The predicted octanol–water partition coefficient (Wildman–Crippen LogP) is 6.79. The van der Waals surface area contributed by atoms with Crippen molar-refractivity contribution < 1.29 is 31.8 Å². The van der Waals surface area contributed by atoms with Gasteiger partial charge in [-0.15, -0.1) is 0 Å². The van der Waals surface area contributed by atoms with E-state index in [1.807, 2.05) is 6.92 Å². The van der Waals surface area contributed by atoms with Gasteiger partial charge in [0.05, 0.1) is 26.2 Å². The van der Waals surface area contributed by atoms with E-state index >= 15 is 0 Å². The molecule has 7 heteroatoms. The molecule has 32 heavy (non-hydrogen) atoms. The Morgan fingerprint density at radius 2 is 1.88 bits per heavy atom. The smallest absolute Gasteiger partial charge is 0.157 e. The van der Waals surface area contributed by atoms with Crippen molar-refractivity contribution in [3.63, 3.8) is 0 Å². The molecule has 0 aromatic heterocycles. The lowest BCUT2D eigenvalue weighted by atomic mass is 9.82. The van der Waals surface area contributed by atoms with Gasteiger partial charge in [-0.3, -0.25) is 0 Å². The Balaban J connectivity index is 2.30. The minimum Gasteiger partial charge on any atom is -0.495 e. The van der Waals surface area contributed by atoms with Gasteiger partial charge in [-0.1, -0.05) is 38.5 Å². The Kier molecular flexibility index (Phi) is 11.2. The van der Waals surface area contributed by atoms with Crippen LogP contribution < -0.4 is 0 Å². The Hall–Kier alpha value is -1.86. The van der Waals surface area contributed by atoms with Gasteiger partial charge in [-0.05, 0) is 48.1 Å². The summed E-state index contributed by atoms with van der Waals surface area (Å²) in [4.78, 5) is 0. The van der Waals surface area contributed by atoms with E-state index in [9.17, 15) is 17.6 Å². The largest absolute Gasteiger partial charge is 0.495 e. The molecular weight excluding hydrogens is 424 g/mol. The van der Waals surface area contributed by atoms with Gasteiger partial charge >= 0.3 is 0 Å². The van der Waals surface area contributed by atoms with Crippen molar-refractivity contribution in [1.82, 2.24) is 0 Å². The average molecular weight is 459 g/mol. The van der Waals surface area contributed by atoms with Gasteiger partial charge < -0.3 is 14.2 Å². The van der Waals surface area contributed by atoms with Gasteiger partial charge in [0.25, 0.3) is 0 Å². The molecule has 0 saturated carbocycles. The zero-order valence-corrected chi connectivity index (χ0v) is 19.1. The van der Waals surface area contributed by atoms with Crippen LogP contribution in [-0.2, 0) is 14.2 Å². The molecule has 2 atom stereocenters. The maximum atomic E-state index is 14.6. The van der Waals surface area contributed by atoms with Crippen molar-refractivity contribution >= 4 is 0 Å². The zero-order valence-electron chi connectivity index (χ0n) is 19.1. The van der Waals surface area contributed by atoms with E-state index in [1.165, 1.54) is 6.08 Å². The van der Waals surface area contributed by atoms with Crippen LogP contribution in [0, 0.1) is 5.92 Å². The number of ether oxygens (including phenoxy) is 3. The van der Waals surface area contributed by atoms with Crippen LogP contribution >= 0.6 is 0 Å². The summed E-state index contributed by atoms with van der Waals surface area (Å²) in [6.07, 6.45) is 4.79. The Labute approximate surface area is 188 Å². The Morgan fingerprint density at radius 3 is 2.44 bits per heavy atom. The molecule has 0 amide bonds. The summed E-state index contributed by atoms with van der Waals surface area (Å²) < 4.78 is 72.2. The highest BCUT2D eigenvalue weighted by Gasteiger charge is 2.32. The molecule has 0 bridgehead atoms. The second-order valence-corrected chi connectivity index (χ2v) is 7.83. The van der Waals surface area contributed by atoms with Crippen LogP contribution in [0.5, 0.6) is 0 Å². The number of alkyl halides is 3. The van der Waals surface area contributed by atoms with Gasteiger partial charge in [-0.25, -0.2) is 17.6 Å². The number of allylic oxidation sites excluding steroid dienone is 8. The molecule has 2 rings (SSSR count). The first kappa shape index (κ1) is 26.4. The maximum Gasteiger partial charge on any atom is 0.157 e. The normalized spacial score (nSPS) is 29.3. The summed E-state index contributed by atoms with van der Waals surface area (Å²) >= 11 is 0. The second kappa shape index (κ2) is 13.6. The molecule has 2 aliphatic rings. The fourth-order valence-electron chi connectivity index (χ4n) is 3.84. The highest BCUT2D eigenvalue weighted by atomic mass is 19.2. The van der Waals surface area contributed by atoms with Gasteiger partial charge in [0.2, 0.25) is 0 Å². The number of hydrogen-bond donors (Lipinski definition) is 0. The summed E-state index contributed by atoms with van der Waals surface area (Å²) in [6, 6.07) is 0. The quantitative estimate of drug-likeness (QED) is 0.205. The van der Waals surface area contributed by atoms with Crippen molar-refractivity contribution in [3.05, 3.63) is 58.7 Å². The van der Waals surface area contributed by atoms with Crippen molar-refractivity contribution in [1.29, 1.82) is 0 Å². The first-order chi connectivity index (χ1) is 15.5. The average Bonchev–Trinajstić information content (AvgIpc) is 2.80. The van der Waals surface area contributed by atoms with E-state index in [0.717, 1.165) is 12.8 Å². The third-order valence-electron chi connectivity index (χ3n) is 5.60. The van der Waals surface area contributed by atoms with E-state index in [1.54, 1.807) is 32.1 Å². The SMILES string of the molecule is CCCC1OCC(C(/C=C\C2=C(CC)C(F)C(F)C/C2=C\C=C(/CF)OCC)=C\F)CO1.